The fraction of sp³-hybridized carbons (Fsp3) is 0.438. The molecule has 100 valence electrons. The van der Waals surface area contributed by atoms with Crippen molar-refractivity contribution in [2.24, 2.45) is 5.92 Å². The highest BCUT2D eigenvalue weighted by Gasteiger charge is 2.36. The third-order valence-corrected chi connectivity index (χ3v) is 4.99. The third-order valence-electron chi connectivity index (χ3n) is 3.96. The summed E-state index contributed by atoms with van der Waals surface area (Å²) < 4.78 is 0. The molecule has 1 N–H and O–H groups in total. The van der Waals surface area contributed by atoms with Crippen molar-refractivity contribution in [3.8, 4) is 0 Å². The summed E-state index contributed by atoms with van der Waals surface area (Å²) in [4.78, 5) is 4.81. The highest BCUT2D eigenvalue weighted by atomic mass is 32.1. The molecule has 0 amide bonds. The lowest BCUT2D eigenvalue weighted by atomic mass is 10.0. The van der Waals surface area contributed by atoms with Crippen molar-refractivity contribution < 1.29 is 0 Å². The number of likely N-dealkylation sites (N-methyl/N-ethyl adjacent to an activating group) is 1. The van der Waals surface area contributed by atoms with Gasteiger partial charge in [0.1, 0.15) is 0 Å². The van der Waals surface area contributed by atoms with Crippen molar-refractivity contribution in [3.05, 3.63) is 52.0 Å². The van der Waals surface area contributed by atoms with Crippen LogP contribution < -0.4 is 5.32 Å². The van der Waals surface area contributed by atoms with E-state index in [2.05, 4.69) is 48.0 Å². The van der Waals surface area contributed by atoms with Crippen LogP contribution in [0.2, 0.25) is 0 Å². The van der Waals surface area contributed by atoms with E-state index in [9.17, 15) is 0 Å². The molecule has 0 aliphatic heterocycles. The average molecular weight is 272 g/mol. The van der Waals surface area contributed by atoms with Gasteiger partial charge in [-0.15, -0.1) is 11.3 Å². The molecule has 1 heterocycles. The third kappa shape index (κ3) is 2.88. The zero-order valence-corrected chi connectivity index (χ0v) is 12.3. The number of hydrogen-bond donors (Lipinski definition) is 1. The predicted molar refractivity (Wildman–Crippen MR) is 80.6 cm³/mol. The van der Waals surface area contributed by atoms with Crippen molar-refractivity contribution in [2.45, 2.75) is 31.7 Å². The van der Waals surface area contributed by atoms with Crippen LogP contribution in [0.5, 0.6) is 0 Å². The molecular formula is C16H20N2S. The predicted octanol–water partition coefficient (Wildman–Crippen LogP) is 3.77. The maximum absolute atomic E-state index is 4.81. The Hall–Kier alpha value is -1.19. The van der Waals surface area contributed by atoms with Crippen LogP contribution in [0.25, 0.3) is 0 Å². The number of benzene rings is 1. The van der Waals surface area contributed by atoms with E-state index in [1.54, 1.807) is 0 Å². The van der Waals surface area contributed by atoms with Gasteiger partial charge in [0, 0.05) is 23.8 Å². The van der Waals surface area contributed by atoms with Gasteiger partial charge in [0.2, 0.25) is 0 Å². The van der Waals surface area contributed by atoms with Gasteiger partial charge in [0.05, 0.1) is 10.7 Å². The minimum absolute atomic E-state index is 0.354. The summed E-state index contributed by atoms with van der Waals surface area (Å²) in [5.74, 6) is 1.58. The van der Waals surface area contributed by atoms with Crippen LogP contribution in [0.15, 0.2) is 35.7 Å². The first-order chi connectivity index (χ1) is 9.28. The number of rotatable bonds is 5. The van der Waals surface area contributed by atoms with E-state index in [-0.39, 0.29) is 0 Å². The molecule has 1 aliphatic carbocycles. The Balaban J connectivity index is 1.71. The van der Waals surface area contributed by atoms with E-state index in [4.69, 9.17) is 4.98 Å². The summed E-state index contributed by atoms with van der Waals surface area (Å²) in [6.07, 6.45) is 2.29. The van der Waals surface area contributed by atoms with E-state index >= 15 is 0 Å². The zero-order valence-electron chi connectivity index (χ0n) is 11.5. The quantitative estimate of drug-likeness (QED) is 0.896. The molecule has 0 saturated heterocycles. The zero-order chi connectivity index (χ0) is 13.2. The van der Waals surface area contributed by atoms with Crippen molar-refractivity contribution in [1.82, 2.24) is 10.3 Å². The Morgan fingerprint density at radius 2 is 2.11 bits per heavy atom. The first-order valence-electron chi connectivity index (χ1n) is 6.94. The number of hydrogen-bond acceptors (Lipinski definition) is 3. The molecule has 2 nitrogen and oxygen atoms in total. The number of nitrogens with one attached hydrogen (secondary N) is 1. The lowest BCUT2D eigenvalue weighted by Gasteiger charge is -2.15. The molecule has 3 heteroatoms. The lowest BCUT2D eigenvalue weighted by molar-refractivity contribution is 0.585. The Morgan fingerprint density at radius 1 is 1.37 bits per heavy atom. The second-order valence-corrected chi connectivity index (χ2v) is 6.34. The van der Waals surface area contributed by atoms with Gasteiger partial charge in [-0.05, 0) is 24.9 Å². The van der Waals surface area contributed by atoms with E-state index in [0.717, 1.165) is 18.3 Å². The summed E-state index contributed by atoms with van der Waals surface area (Å²) >= 11 is 1.83. The maximum Gasteiger partial charge on any atom is 0.0962 e. The minimum atomic E-state index is 0.354. The topological polar surface area (TPSA) is 24.9 Å². The van der Waals surface area contributed by atoms with E-state index in [0.29, 0.717) is 6.04 Å². The normalized spacial score (nSPS) is 23.3. The first-order valence-corrected chi connectivity index (χ1v) is 7.82. The van der Waals surface area contributed by atoms with Crippen molar-refractivity contribution in [2.75, 3.05) is 7.05 Å². The summed E-state index contributed by atoms with van der Waals surface area (Å²) in [5, 5.41) is 6.96. The van der Waals surface area contributed by atoms with Crippen LogP contribution in [0.1, 0.15) is 41.6 Å². The van der Waals surface area contributed by atoms with Gasteiger partial charge in [-0.3, -0.25) is 0 Å². The second kappa shape index (κ2) is 5.43. The fourth-order valence-corrected chi connectivity index (χ4v) is 3.61. The van der Waals surface area contributed by atoms with Gasteiger partial charge in [0.25, 0.3) is 0 Å². The molecular weight excluding hydrogens is 252 g/mol. The Morgan fingerprint density at radius 3 is 2.74 bits per heavy atom. The van der Waals surface area contributed by atoms with Gasteiger partial charge >= 0.3 is 0 Å². The molecule has 1 aromatic carbocycles. The van der Waals surface area contributed by atoms with Gasteiger partial charge in [0.15, 0.2) is 0 Å². The molecule has 3 unspecified atom stereocenters. The molecule has 19 heavy (non-hydrogen) atoms. The molecule has 0 bridgehead atoms. The molecule has 1 aliphatic rings. The highest BCUT2D eigenvalue weighted by molar-refractivity contribution is 7.09. The Kier molecular flexibility index (Phi) is 3.67. The molecule has 3 atom stereocenters. The van der Waals surface area contributed by atoms with E-state index in [1.807, 2.05) is 18.4 Å². The SMILES string of the molecule is CNC(Cc1csc(C2CC2C)n1)c1ccccc1. The maximum atomic E-state index is 4.81. The Bertz CT molecular complexity index is 535. The summed E-state index contributed by atoms with van der Waals surface area (Å²) in [6, 6.07) is 11.0. The number of nitrogens with zero attached hydrogens (tertiary/aromatic N) is 1. The number of thiazole rings is 1. The highest BCUT2D eigenvalue weighted by Crippen LogP contribution is 2.47. The van der Waals surface area contributed by atoms with E-state index in [1.165, 1.54) is 22.7 Å². The molecule has 0 radical (unpaired) electrons. The molecule has 0 spiro atoms. The smallest absolute Gasteiger partial charge is 0.0962 e. The van der Waals surface area contributed by atoms with Crippen LogP contribution in [0, 0.1) is 5.92 Å². The molecule has 1 aromatic heterocycles. The molecule has 2 aromatic rings. The first kappa shape index (κ1) is 12.8. The summed E-state index contributed by atoms with van der Waals surface area (Å²) in [6.45, 7) is 2.31. The summed E-state index contributed by atoms with van der Waals surface area (Å²) in [7, 11) is 2.02. The monoisotopic (exact) mass is 272 g/mol. The number of aromatic nitrogens is 1. The lowest BCUT2D eigenvalue weighted by Crippen LogP contribution is -2.18. The molecule has 3 rings (SSSR count). The van der Waals surface area contributed by atoms with Gasteiger partial charge in [-0.1, -0.05) is 37.3 Å². The van der Waals surface area contributed by atoms with Crippen LogP contribution in [0.3, 0.4) is 0 Å². The largest absolute Gasteiger partial charge is 0.313 e. The van der Waals surface area contributed by atoms with Crippen molar-refractivity contribution >= 4 is 11.3 Å². The van der Waals surface area contributed by atoms with Crippen LogP contribution in [-0.2, 0) is 6.42 Å². The van der Waals surface area contributed by atoms with Gasteiger partial charge in [-0.25, -0.2) is 4.98 Å². The molecule has 1 saturated carbocycles. The second-order valence-electron chi connectivity index (χ2n) is 5.45. The van der Waals surface area contributed by atoms with Crippen molar-refractivity contribution in [3.63, 3.8) is 0 Å². The fourth-order valence-electron chi connectivity index (χ4n) is 2.53. The minimum Gasteiger partial charge on any atom is -0.313 e. The Labute approximate surface area is 118 Å². The summed E-state index contributed by atoms with van der Waals surface area (Å²) in [5.41, 5.74) is 2.56. The van der Waals surface area contributed by atoms with Gasteiger partial charge in [-0.2, -0.15) is 0 Å². The standard InChI is InChI=1S/C16H20N2S/c1-11-8-14(11)16-18-13(10-19-16)9-15(17-2)12-6-4-3-5-7-12/h3-7,10-11,14-15,17H,8-9H2,1-2H3. The van der Waals surface area contributed by atoms with E-state index < -0.39 is 0 Å². The molecule has 1 fully saturated rings. The van der Waals surface area contributed by atoms with Crippen molar-refractivity contribution in [1.29, 1.82) is 0 Å². The average Bonchev–Trinajstić information content (AvgIpc) is 3.00. The van der Waals surface area contributed by atoms with Gasteiger partial charge < -0.3 is 5.32 Å². The van der Waals surface area contributed by atoms with Crippen LogP contribution in [0.4, 0.5) is 0 Å². The van der Waals surface area contributed by atoms with Crippen LogP contribution in [-0.4, -0.2) is 12.0 Å². The van der Waals surface area contributed by atoms with Crippen LogP contribution >= 0.6 is 11.3 Å².